The maximum absolute atomic E-state index is 11.2. The Hall–Kier alpha value is -0.700. The Bertz CT molecular complexity index is 198. The first-order chi connectivity index (χ1) is 5.65. The molecule has 1 aliphatic heterocycles. The summed E-state index contributed by atoms with van der Waals surface area (Å²) >= 11 is 0. The third-order valence-corrected chi connectivity index (χ3v) is 2.03. The van der Waals surface area contributed by atoms with Crippen LogP contribution in [0.5, 0.6) is 0 Å². The second-order valence-corrected chi connectivity index (χ2v) is 3.17. The maximum atomic E-state index is 11.2. The van der Waals surface area contributed by atoms with Crippen molar-refractivity contribution in [3.8, 4) is 0 Å². The van der Waals surface area contributed by atoms with Crippen molar-refractivity contribution in [2.75, 3.05) is 0 Å². The predicted molar refractivity (Wildman–Crippen MR) is 43.9 cm³/mol. The lowest BCUT2D eigenvalue weighted by Crippen LogP contribution is -2.10. The highest BCUT2D eigenvalue weighted by Gasteiger charge is 2.42. The van der Waals surface area contributed by atoms with E-state index < -0.39 is 0 Å². The van der Waals surface area contributed by atoms with Crippen LogP contribution < -0.4 is 0 Å². The van der Waals surface area contributed by atoms with E-state index in [1.807, 2.05) is 6.92 Å². The van der Waals surface area contributed by atoms with Crippen LogP contribution >= 0.6 is 0 Å². The zero-order chi connectivity index (χ0) is 9.14. The minimum absolute atomic E-state index is 0.0667. The molecule has 0 N–H and O–H groups in total. The van der Waals surface area contributed by atoms with Gasteiger partial charge in [0.2, 0.25) is 0 Å². The monoisotopic (exact) mass is 170 g/mol. The van der Waals surface area contributed by atoms with Crippen molar-refractivity contribution >= 4 is 11.6 Å². The molecule has 1 rings (SSSR count). The Balaban J connectivity index is 2.18. The van der Waals surface area contributed by atoms with E-state index >= 15 is 0 Å². The number of hydrogen-bond donors (Lipinski definition) is 0. The highest BCUT2D eigenvalue weighted by Crippen LogP contribution is 2.26. The van der Waals surface area contributed by atoms with Crippen molar-refractivity contribution in [2.24, 2.45) is 0 Å². The molecule has 0 unspecified atom stereocenters. The van der Waals surface area contributed by atoms with Gasteiger partial charge >= 0.3 is 0 Å². The van der Waals surface area contributed by atoms with Crippen molar-refractivity contribution < 1.29 is 14.3 Å². The molecule has 3 heteroatoms. The molecule has 68 valence electrons. The molecule has 1 heterocycles. The number of rotatable bonds is 5. The second kappa shape index (κ2) is 3.81. The van der Waals surface area contributed by atoms with Crippen molar-refractivity contribution in [3.63, 3.8) is 0 Å². The minimum Gasteiger partial charge on any atom is -0.361 e. The lowest BCUT2D eigenvalue weighted by molar-refractivity contribution is -0.124. The molecule has 1 saturated heterocycles. The number of ether oxygens (including phenoxy) is 1. The van der Waals surface area contributed by atoms with Gasteiger partial charge in [-0.2, -0.15) is 0 Å². The van der Waals surface area contributed by atoms with Gasteiger partial charge in [0.25, 0.3) is 0 Å². The largest absolute Gasteiger partial charge is 0.361 e. The molecule has 2 atom stereocenters. The Morgan fingerprint density at radius 2 is 2.00 bits per heavy atom. The summed E-state index contributed by atoms with van der Waals surface area (Å²) in [6.45, 7) is 3.49. The zero-order valence-corrected chi connectivity index (χ0v) is 7.50. The molecule has 1 fully saturated rings. The van der Waals surface area contributed by atoms with Crippen molar-refractivity contribution in [1.82, 2.24) is 0 Å². The fraction of sp³-hybridized carbons (Fsp3) is 0.778. The number of carbonyl (C=O) groups is 2. The number of ketones is 2. The van der Waals surface area contributed by atoms with Gasteiger partial charge in [-0.3, -0.25) is 4.79 Å². The van der Waals surface area contributed by atoms with E-state index in [2.05, 4.69) is 0 Å². The van der Waals surface area contributed by atoms with Crippen LogP contribution in [-0.4, -0.2) is 23.8 Å². The quantitative estimate of drug-likeness (QED) is 0.580. The number of Topliss-reactive ketones (excluding diaryl/α,β-unsaturated/α-hetero) is 2. The number of epoxide rings is 1. The molecule has 0 bridgehead atoms. The molecule has 0 amide bonds. The summed E-state index contributed by atoms with van der Waals surface area (Å²) in [5.74, 6) is 0.147. The number of carbonyl (C=O) groups excluding carboxylic acids is 2. The predicted octanol–water partition coefficient (Wildman–Crippen LogP) is 1.10. The third kappa shape index (κ3) is 2.41. The molecule has 0 aliphatic carbocycles. The first kappa shape index (κ1) is 9.39. The Kier molecular flexibility index (Phi) is 2.98. The summed E-state index contributed by atoms with van der Waals surface area (Å²) in [5, 5.41) is 0. The van der Waals surface area contributed by atoms with E-state index in [9.17, 15) is 9.59 Å². The van der Waals surface area contributed by atoms with Crippen molar-refractivity contribution in [2.45, 2.75) is 45.3 Å². The van der Waals surface area contributed by atoms with Crippen LogP contribution in [0, 0.1) is 0 Å². The average Bonchev–Trinajstić information content (AvgIpc) is 2.78. The molecule has 0 radical (unpaired) electrons. The first-order valence-corrected chi connectivity index (χ1v) is 4.32. The Morgan fingerprint density at radius 1 is 1.33 bits per heavy atom. The average molecular weight is 170 g/mol. The molecular weight excluding hydrogens is 156 g/mol. The summed E-state index contributed by atoms with van der Waals surface area (Å²) in [4.78, 5) is 21.8. The molecular formula is C9H14O3. The van der Waals surface area contributed by atoms with Gasteiger partial charge in [-0.15, -0.1) is 0 Å². The highest BCUT2D eigenvalue weighted by atomic mass is 16.6. The standard InChI is InChI=1S/C9H14O3/c1-3-8-9(12-8)7(11)5-4-6(2)10/h8-9H,3-5H2,1-2H3/t8-,9-/m1/s1. The smallest absolute Gasteiger partial charge is 0.164 e. The molecule has 12 heavy (non-hydrogen) atoms. The topological polar surface area (TPSA) is 46.7 Å². The van der Waals surface area contributed by atoms with Gasteiger partial charge in [0.15, 0.2) is 5.78 Å². The summed E-state index contributed by atoms with van der Waals surface area (Å²) in [6, 6.07) is 0. The third-order valence-electron chi connectivity index (χ3n) is 2.03. The van der Waals surface area contributed by atoms with E-state index in [1.165, 1.54) is 6.92 Å². The molecule has 1 aliphatic rings. The SMILES string of the molecule is CC[C@H]1O[C@@H]1C(=O)CCC(C)=O. The van der Waals surface area contributed by atoms with E-state index in [0.29, 0.717) is 12.8 Å². The van der Waals surface area contributed by atoms with Crippen molar-refractivity contribution in [3.05, 3.63) is 0 Å². The van der Waals surface area contributed by atoms with Crippen LogP contribution in [0.4, 0.5) is 0 Å². The Morgan fingerprint density at radius 3 is 2.42 bits per heavy atom. The van der Waals surface area contributed by atoms with Crippen LogP contribution in [0.2, 0.25) is 0 Å². The summed E-state index contributed by atoms with van der Waals surface area (Å²) in [6.07, 6.45) is 1.51. The maximum Gasteiger partial charge on any atom is 0.164 e. The van der Waals surface area contributed by atoms with Gasteiger partial charge in [-0.1, -0.05) is 6.92 Å². The van der Waals surface area contributed by atoms with Crippen molar-refractivity contribution in [1.29, 1.82) is 0 Å². The van der Waals surface area contributed by atoms with E-state index in [1.54, 1.807) is 0 Å². The lowest BCUT2D eigenvalue weighted by atomic mass is 10.1. The summed E-state index contributed by atoms with van der Waals surface area (Å²) in [5.41, 5.74) is 0. The number of hydrogen-bond acceptors (Lipinski definition) is 3. The fourth-order valence-electron chi connectivity index (χ4n) is 1.18. The normalized spacial score (nSPS) is 26.8. The molecule has 3 nitrogen and oxygen atoms in total. The van der Waals surface area contributed by atoms with Gasteiger partial charge in [0.05, 0.1) is 6.10 Å². The summed E-state index contributed by atoms with van der Waals surface area (Å²) in [7, 11) is 0. The second-order valence-electron chi connectivity index (χ2n) is 3.17. The van der Waals surface area contributed by atoms with Gasteiger partial charge in [-0.05, 0) is 13.3 Å². The van der Waals surface area contributed by atoms with Gasteiger partial charge in [0, 0.05) is 12.8 Å². The highest BCUT2D eigenvalue weighted by molar-refractivity contribution is 5.89. The molecule has 0 aromatic carbocycles. The Labute approximate surface area is 72.1 Å². The van der Waals surface area contributed by atoms with Crippen LogP contribution in [0.3, 0.4) is 0 Å². The molecule has 0 spiro atoms. The van der Waals surface area contributed by atoms with Gasteiger partial charge in [-0.25, -0.2) is 0 Å². The summed E-state index contributed by atoms with van der Waals surface area (Å²) < 4.78 is 5.10. The van der Waals surface area contributed by atoms with E-state index in [-0.39, 0.29) is 23.8 Å². The zero-order valence-electron chi connectivity index (χ0n) is 7.50. The minimum atomic E-state index is -0.200. The van der Waals surface area contributed by atoms with Crippen LogP contribution in [0.25, 0.3) is 0 Å². The fourth-order valence-corrected chi connectivity index (χ4v) is 1.18. The van der Waals surface area contributed by atoms with Crippen LogP contribution in [0.15, 0.2) is 0 Å². The van der Waals surface area contributed by atoms with E-state index in [4.69, 9.17) is 4.74 Å². The van der Waals surface area contributed by atoms with Gasteiger partial charge < -0.3 is 9.53 Å². The lowest BCUT2D eigenvalue weighted by Gasteiger charge is -1.92. The van der Waals surface area contributed by atoms with Gasteiger partial charge in [0.1, 0.15) is 11.9 Å². The van der Waals surface area contributed by atoms with Crippen LogP contribution in [-0.2, 0) is 14.3 Å². The van der Waals surface area contributed by atoms with E-state index in [0.717, 1.165) is 6.42 Å². The molecule has 0 saturated carbocycles. The molecule has 0 aromatic rings. The molecule has 0 aromatic heterocycles. The van der Waals surface area contributed by atoms with Crippen LogP contribution in [0.1, 0.15) is 33.1 Å². The first-order valence-electron chi connectivity index (χ1n) is 4.32.